The first-order valence-corrected chi connectivity index (χ1v) is 10.8. The molecule has 0 radical (unpaired) electrons. The molecule has 0 fully saturated rings. The maximum absolute atomic E-state index is 12.7. The lowest BCUT2D eigenvalue weighted by molar-refractivity contribution is 0.0923. The minimum Gasteiger partial charge on any atom is -0.342 e. The minimum absolute atomic E-state index is 0.0913. The molecule has 1 heterocycles. The van der Waals surface area contributed by atoms with Crippen LogP contribution in [-0.2, 0) is 10.0 Å². The lowest BCUT2D eigenvalue weighted by atomic mass is 10.0. The highest BCUT2D eigenvalue weighted by Gasteiger charge is 2.23. The van der Waals surface area contributed by atoms with Crippen LogP contribution in [0.25, 0.3) is 11.0 Å². The first kappa shape index (κ1) is 20.8. The molecule has 0 spiro atoms. The highest BCUT2D eigenvalue weighted by atomic mass is 32.2. The van der Waals surface area contributed by atoms with Crippen molar-refractivity contribution in [2.24, 2.45) is 5.92 Å². The number of aromatic amines is 1. The third-order valence-electron chi connectivity index (χ3n) is 4.50. The number of amides is 1. The number of carbonyl (C=O) groups is 1. The zero-order valence-electron chi connectivity index (χ0n) is 16.3. The van der Waals surface area contributed by atoms with Gasteiger partial charge >= 0.3 is 0 Å². The van der Waals surface area contributed by atoms with Crippen LogP contribution >= 0.6 is 0 Å². The van der Waals surface area contributed by atoms with Crippen LogP contribution in [0.5, 0.6) is 0 Å². The number of fused-ring (bicyclic) bond motifs is 1. The van der Waals surface area contributed by atoms with Gasteiger partial charge in [-0.1, -0.05) is 32.1 Å². The average Bonchev–Trinajstić information content (AvgIpc) is 3.14. The van der Waals surface area contributed by atoms with E-state index in [9.17, 15) is 13.2 Å². The Morgan fingerprint density at radius 3 is 2.48 bits per heavy atom. The second kappa shape index (κ2) is 8.59. The van der Waals surface area contributed by atoms with Crippen LogP contribution < -0.4 is 10.0 Å². The SMILES string of the molecule is C=CCNS(=O)(=O)c1ccc(C(=O)NC(c2nc3ccccc3[nH]2)C(C)C)cc1. The monoisotopic (exact) mass is 412 g/mol. The summed E-state index contributed by atoms with van der Waals surface area (Å²) >= 11 is 0. The molecule has 2 aromatic carbocycles. The van der Waals surface area contributed by atoms with Crippen molar-refractivity contribution in [2.45, 2.75) is 24.8 Å². The molecule has 1 aromatic heterocycles. The van der Waals surface area contributed by atoms with Gasteiger partial charge in [-0.15, -0.1) is 6.58 Å². The molecule has 1 amide bonds. The van der Waals surface area contributed by atoms with Crippen LogP contribution in [-0.4, -0.2) is 30.8 Å². The highest BCUT2D eigenvalue weighted by Crippen LogP contribution is 2.23. The zero-order valence-corrected chi connectivity index (χ0v) is 17.2. The molecule has 29 heavy (non-hydrogen) atoms. The molecule has 0 saturated heterocycles. The van der Waals surface area contributed by atoms with Gasteiger partial charge in [-0.2, -0.15) is 0 Å². The maximum Gasteiger partial charge on any atom is 0.251 e. The predicted molar refractivity (Wildman–Crippen MR) is 113 cm³/mol. The van der Waals surface area contributed by atoms with Gasteiger partial charge in [0.15, 0.2) is 0 Å². The van der Waals surface area contributed by atoms with Crippen molar-refractivity contribution in [3.05, 3.63) is 72.6 Å². The number of benzene rings is 2. The van der Waals surface area contributed by atoms with E-state index < -0.39 is 10.0 Å². The summed E-state index contributed by atoms with van der Waals surface area (Å²) in [6, 6.07) is 13.2. The maximum atomic E-state index is 12.7. The van der Waals surface area contributed by atoms with Crippen molar-refractivity contribution in [1.29, 1.82) is 0 Å². The van der Waals surface area contributed by atoms with E-state index in [1.165, 1.54) is 30.3 Å². The van der Waals surface area contributed by atoms with E-state index in [0.29, 0.717) is 11.4 Å². The Morgan fingerprint density at radius 1 is 1.17 bits per heavy atom. The summed E-state index contributed by atoms with van der Waals surface area (Å²) in [4.78, 5) is 20.7. The van der Waals surface area contributed by atoms with Crippen molar-refractivity contribution < 1.29 is 13.2 Å². The summed E-state index contributed by atoms with van der Waals surface area (Å²) in [5.41, 5.74) is 2.11. The number of hydrogen-bond donors (Lipinski definition) is 3. The molecule has 0 aliphatic rings. The second-order valence-electron chi connectivity index (χ2n) is 7.00. The quantitative estimate of drug-likeness (QED) is 0.494. The summed E-state index contributed by atoms with van der Waals surface area (Å²) in [5.74, 6) is 0.483. The molecule has 3 aromatic rings. The Morgan fingerprint density at radius 2 is 1.86 bits per heavy atom. The van der Waals surface area contributed by atoms with Crippen molar-refractivity contribution in [1.82, 2.24) is 20.0 Å². The molecule has 0 saturated carbocycles. The van der Waals surface area contributed by atoms with E-state index in [1.54, 1.807) is 0 Å². The van der Waals surface area contributed by atoms with Gasteiger partial charge in [-0.25, -0.2) is 18.1 Å². The van der Waals surface area contributed by atoms with Gasteiger partial charge in [0.2, 0.25) is 10.0 Å². The summed E-state index contributed by atoms with van der Waals surface area (Å²) in [6.07, 6.45) is 1.46. The number of aromatic nitrogens is 2. The molecule has 3 rings (SSSR count). The number of rotatable bonds is 8. The number of H-pyrrole nitrogens is 1. The smallest absolute Gasteiger partial charge is 0.251 e. The predicted octanol–water partition coefficient (Wildman–Crippen LogP) is 3.15. The van der Waals surface area contributed by atoms with E-state index in [2.05, 4.69) is 26.6 Å². The number of carbonyl (C=O) groups excluding carboxylic acids is 1. The molecular weight excluding hydrogens is 388 g/mol. The molecule has 3 N–H and O–H groups in total. The number of nitrogens with one attached hydrogen (secondary N) is 3. The first-order chi connectivity index (χ1) is 13.8. The van der Waals surface area contributed by atoms with E-state index >= 15 is 0 Å². The van der Waals surface area contributed by atoms with Crippen molar-refractivity contribution in [2.75, 3.05) is 6.54 Å². The molecule has 0 bridgehead atoms. The lowest BCUT2D eigenvalue weighted by Gasteiger charge is -2.20. The van der Waals surface area contributed by atoms with E-state index in [4.69, 9.17) is 0 Å². The largest absolute Gasteiger partial charge is 0.342 e. The Labute approximate surface area is 170 Å². The number of sulfonamides is 1. The van der Waals surface area contributed by atoms with Gasteiger partial charge in [-0.3, -0.25) is 4.79 Å². The fourth-order valence-corrected chi connectivity index (χ4v) is 3.93. The van der Waals surface area contributed by atoms with Crippen LogP contribution in [0.3, 0.4) is 0 Å². The van der Waals surface area contributed by atoms with Gasteiger partial charge in [0.25, 0.3) is 5.91 Å². The number of para-hydroxylation sites is 2. The second-order valence-corrected chi connectivity index (χ2v) is 8.77. The molecule has 7 nitrogen and oxygen atoms in total. The molecule has 0 aliphatic carbocycles. The Hall–Kier alpha value is -2.97. The average molecular weight is 413 g/mol. The fraction of sp³-hybridized carbons (Fsp3) is 0.238. The van der Waals surface area contributed by atoms with Gasteiger partial charge in [0.05, 0.1) is 22.0 Å². The zero-order chi connectivity index (χ0) is 21.0. The van der Waals surface area contributed by atoms with Crippen LogP contribution in [0.1, 0.15) is 36.1 Å². The van der Waals surface area contributed by atoms with E-state index in [-0.39, 0.29) is 29.3 Å². The number of hydrogen-bond acceptors (Lipinski definition) is 4. The molecule has 8 heteroatoms. The summed E-state index contributed by atoms with van der Waals surface area (Å²) in [5, 5.41) is 2.99. The van der Waals surface area contributed by atoms with Crippen molar-refractivity contribution in [3.8, 4) is 0 Å². The van der Waals surface area contributed by atoms with Crippen LogP contribution in [0, 0.1) is 5.92 Å². The highest BCUT2D eigenvalue weighted by molar-refractivity contribution is 7.89. The van der Waals surface area contributed by atoms with Gasteiger partial charge < -0.3 is 10.3 Å². The van der Waals surface area contributed by atoms with Crippen LogP contribution in [0.15, 0.2) is 66.1 Å². The topological polar surface area (TPSA) is 104 Å². The van der Waals surface area contributed by atoms with Gasteiger partial charge in [0.1, 0.15) is 5.82 Å². The Balaban J connectivity index is 1.79. The number of nitrogens with zero attached hydrogens (tertiary/aromatic N) is 1. The molecular formula is C21H24N4O3S. The van der Waals surface area contributed by atoms with E-state index in [0.717, 1.165) is 11.0 Å². The van der Waals surface area contributed by atoms with Gasteiger partial charge in [-0.05, 0) is 42.3 Å². The summed E-state index contributed by atoms with van der Waals surface area (Å²) in [7, 11) is -3.63. The van der Waals surface area contributed by atoms with Crippen LogP contribution in [0.4, 0.5) is 0 Å². The van der Waals surface area contributed by atoms with Crippen molar-refractivity contribution in [3.63, 3.8) is 0 Å². The molecule has 1 atom stereocenters. The minimum atomic E-state index is -3.63. The lowest BCUT2D eigenvalue weighted by Crippen LogP contribution is -2.32. The third kappa shape index (κ3) is 4.72. The standard InChI is InChI=1S/C21H24N4O3S/c1-4-13-22-29(27,28)16-11-9-15(10-12-16)21(26)25-19(14(2)3)20-23-17-7-5-6-8-18(17)24-20/h4-12,14,19,22H,1,13H2,2-3H3,(H,23,24)(H,25,26). The van der Waals surface area contributed by atoms with E-state index in [1.807, 2.05) is 38.1 Å². The van der Waals surface area contributed by atoms with Crippen molar-refractivity contribution >= 4 is 27.0 Å². The molecule has 0 aliphatic heterocycles. The molecule has 1 unspecified atom stereocenters. The Bertz CT molecular complexity index is 1090. The normalized spacial score (nSPS) is 12.8. The van der Waals surface area contributed by atoms with Crippen LogP contribution in [0.2, 0.25) is 0 Å². The summed E-state index contributed by atoms with van der Waals surface area (Å²) in [6.45, 7) is 7.62. The fourth-order valence-electron chi connectivity index (χ4n) is 2.93. The molecule has 152 valence electrons. The number of imidazole rings is 1. The first-order valence-electron chi connectivity index (χ1n) is 9.28. The van der Waals surface area contributed by atoms with Gasteiger partial charge in [0, 0.05) is 12.1 Å². The third-order valence-corrected chi connectivity index (χ3v) is 5.94. The summed E-state index contributed by atoms with van der Waals surface area (Å²) < 4.78 is 26.7. The Kier molecular flexibility index (Phi) is 6.14.